The zero-order valence-electron chi connectivity index (χ0n) is 21.3. The van der Waals surface area contributed by atoms with Crippen LogP contribution in [0.1, 0.15) is 30.7 Å². The molecule has 0 saturated carbocycles. The van der Waals surface area contributed by atoms with Gasteiger partial charge in [0.2, 0.25) is 0 Å². The summed E-state index contributed by atoms with van der Waals surface area (Å²) in [7, 11) is 4.31. The van der Waals surface area contributed by atoms with Crippen molar-refractivity contribution in [1.82, 2.24) is 14.4 Å². The number of hydrogen-bond donors (Lipinski definition) is 2. The van der Waals surface area contributed by atoms with Gasteiger partial charge in [-0.2, -0.15) is 26.3 Å². The molecule has 0 bridgehead atoms. The van der Waals surface area contributed by atoms with Crippen molar-refractivity contribution in [3.05, 3.63) is 48.2 Å². The molecule has 2 saturated heterocycles. The normalized spacial score (nSPS) is 19.3. The molecule has 39 heavy (non-hydrogen) atoms. The van der Waals surface area contributed by atoms with E-state index in [1.165, 1.54) is 5.69 Å². The van der Waals surface area contributed by atoms with Gasteiger partial charge in [-0.3, -0.25) is 9.80 Å². The number of aromatic nitrogens is 1. The molecule has 0 aromatic carbocycles. The molecule has 0 amide bonds. The molecule has 2 fully saturated rings. The van der Waals surface area contributed by atoms with E-state index in [0.29, 0.717) is 6.04 Å². The minimum Gasteiger partial charge on any atom is -0.475 e. The molecular weight excluding hydrogens is 540 g/mol. The van der Waals surface area contributed by atoms with Crippen molar-refractivity contribution < 1.29 is 55.3 Å². The fourth-order valence-electron chi connectivity index (χ4n) is 4.24. The van der Waals surface area contributed by atoms with Crippen LogP contribution in [0.15, 0.2) is 41.1 Å². The van der Waals surface area contributed by atoms with Crippen LogP contribution >= 0.6 is 0 Å². The Morgan fingerprint density at radius 2 is 1.62 bits per heavy atom. The van der Waals surface area contributed by atoms with Gasteiger partial charge in [0.05, 0.1) is 25.0 Å². The standard InChI is InChI=1S/C20H29N3O2.2C2HF3O2/c1-21-9-3-5-17(21)14-23-10-7-20(8-11-23)13-18(16-25-20)22(2)15-19-6-4-12-24-19;2*3-2(4,5)1(6)7/h3-6,9,12,18H,7-8,10-11,13-16H2,1-2H3;2*(H,6,7). The summed E-state index contributed by atoms with van der Waals surface area (Å²) in [6.45, 7) is 4.99. The number of likely N-dealkylation sites (tertiary alicyclic amines) is 1. The van der Waals surface area contributed by atoms with E-state index in [9.17, 15) is 26.3 Å². The molecule has 1 spiro atoms. The molecule has 220 valence electrons. The van der Waals surface area contributed by atoms with Gasteiger partial charge in [-0.25, -0.2) is 9.59 Å². The maximum absolute atomic E-state index is 10.6. The highest BCUT2D eigenvalue weighted by Crippen LogP contribution is 2.38. The molecule has 4 heterocycles. The summed E-state index contributed by atoms with van der Waals surface area (Å²) in [6, 6.07) is 8.84. The molecule has 4 rings (SSSR count). The van der Waals surface area contributed by atoms with Crippen LogP contribution < -0.4 is 0 Å². The van der Waals surface area contributed by atoms with Gasteiger partial charge >= 0.3 is 24.3 Å². The molecule has 15 heteroatoms. The number of piperidine rings is 1. The molecule has 2 aromatic rings. The Morgan fingerprint density at radius 3 is 2.05 bits per heavy atom. The van der Waals surface area contributed by atoms with Gasteiger partial charge < -0.3 is 23.9 Å². The van der Waals surface area contributed by atoms with Crippen molar-refractivity contribution in [2.45, 2.75) is 56.3 Å². The number of aryl methyl sites for hydroxylation is 1. The Balaban J connectivity index is 0.000000317. The number of aliphatic carboxylic acids is 2. The second-order valence-corrected chi connectivity index (χ2v) is 9.34. The second kappa shape index (κ2) is 13.3. The number of hydrogen-bond acceptors (Lipinski definition) is 6. The smallest absolute Gasteiger partial charge is 0.475 e. The van der Waals surface area contributed by atoms with E-state index < -0.39 is 24.3 Å². The summed E-state index contributed by atoms with van der Waals surface area (Å²) >= 11 is 0. The lowest BCUT2D eigenvalue weighted by molar-refractivity contribution is -0.193. The van der Waals surface area contributed by atoms with Crippen LogP contribution in [0.5, 0.6) is 0 Å². The number of carbonyl (C=O) groups is 2. The van der Waals surface area contributed by atoms with Crippen molar-refractivity contribution >= 4 is 11.9 Å². The Morgan fingerprint density at radius 1 is 1.05 bits per heavy atom. The van der Waals surface area contributed by atoms with E-state index in [0.717, 1.165) is 57.8 Å². The summed E-state index contributed by atoms with van der Waals surface area (Å²) in [5.74, 6) is -4.49. The van der Waals surface area contributed by atoms with Gasteiger partial charge in [-0.15, -0.1) is 0 Å². The van der Waals surface area contributed by atoms with Gasteiger partial charge in [0.15, 0.2) is 0 Å². The van der Waals surface area contributed by atoms with Crippen LogP contribution in [-0.4, -0.2) is 87.3 Å². The molecule has 2 aromatic heterocycles. The number of halogens is 6. The number of furan rings is 1. The number of likely N-dealkylation sites (N-methyl/N-ethyl adjacent to an activating group) is 1. The first kappa shape index (κ1) is 32.2. The number of alkyl halides is 6. The van der Waals surface area contributed by atoms with Crippen molar-refractivity contribution in [3.63, 3.8) is 0 Å². The van der Waals surface area contributed by atoms with Crippen LogP contribution in [-0.2, 0) is 34.5 Å². The first-order valence-corrected chi connectivity index (χ1v) is 11.8. The molecule has 1 atom stereocenters. The largest absolute Gasteiger partial charge is 0.490 e. The predicted octanol–water partition coefficient (Wildman–Crippen LogP) is 4.14. The number of ether oxygens (including phenoxy) is 1. The maximum atomic E-state index is 10.6. The highest BCUT2D eigenvalue weighted by atomic mass is 19.4. The van der Waals surface area contributed by atoms with Crippen molar-refractivity contribution in [1.29, 1.82) is 0 Å². The molecule has 9 nitrogen and oxygen atoms in total. The summed E-state index contributed by atoms with van der Waals surface area (Å²) in [4.78, 5) is 22.7. The zero-order chi connectivity index (χ0) is 29.4. The highest BCUT2D eigenvalue weighted by Gasteiger charge is 2.44. The van der Waals surface area contributed by atoms with Gasteiger partial charge in [-0.1, -0.05) is 0 Å². The molecular formula is C24H31F6N3O6. The molecule has 2 aliphatic heterocycles. The first-order chi connectivity index (χ1) is 18.0. The third kappa shape index (κ3) is 10.2. The van der Waals surface area contributed by atoms with E-state index in [4.69, 9.17) is 29.0 Å². The SMILES string of the molecule is CN(Cc1ccco1)C1COC2(CCN(Cc3cccn3C)CC2)C1.O=C(O)C(F)(F)F.O=C(O)C(F)(F)F. The Hall–Kier alpha value is -3.04. The van der Waals surface area contributed by atoms with Crippen LogP contribution in [0.4, 0.5) is 26.3 Å². The lowest BCUT2D eigenvalue weighted by Crippen LogP contribution is -2.44. The molecule has 0 radical (unpaired) electrons. The number of rotatable bonds is 5. The molecule has 1 unspecified atom stereocenters. The van der Waals surface area contributed by atoms with Crippen molar-refractivity contribution in [3.8, 4) is 0 Å². The summed E-state index contributed by atoms with van der Waals surface area (Å²) in [5, 5.41) is 14.2. The van der Waals surface area contributed by atoms with E-state index in [-0.39, 0.29) is 5.60 Å². The fraction of sp³-hybridized carbons (Fsp3) is 0.583. The monoisotopic (exact) mass is 571 g/mol. The molecule has 0 aliphatic carbocycles. The average molecular weight is 572 g/mol. The number of carboxylic acids is 2. The van der Waals surface area contributed by atoms with E-state index in [1.807, 2.05) is 12.1 Å². The summed E-state index contributed by atoms with van der Waals surface area (Å²) < 4.78 is 77.5. The average Bonchev–Trinajstić information content (AvgIpc) is 3.58. The van der Waals surface area contributed by atoms with Gasteiger partial charge in [0.25, 0.3) is 0 Å². The Bertz CT molecular complexity index is 1020. The maximum Gasteiger partial charge on any atom is 0.490 e. The molecule has 2 aliphatic rings. The minimum atomic E-state index is -5.08. The Labute approximate surface area is 220 Å². The topological polar surface area (TPSA) is 108 Å². The fourth-order valence-corrected chi connectivity index (χ4v) is 4.24. The van der Waals surface area contributed by atoms with Crippen LogP contribution in [0.2, 0.25) is 0 Å². The number of nitrogens with zero attached hydrogens (tertiary/aromatic N) is 3. The van der Waals surface area contributed by atoms with E-state index in [2.05, 4.69) is 46.8 Å². The van der Waals surface area contributed by atoms with E-state index in [1.54, 1.807) is 6.26 Å². The molecule has 2 N–H and O–H groups in total. The first-order valence-electron chi connectivity index (χ1n) is 11.8. The van der Waals surface area contributed by atoms with Crippen LogP contribution in [0, 0.1) is 0 Å². The van der Waals surface area contributed by atoms with Crippen molar-refractivity contribution in [2.75, 3.05) is 26.7 Å². The zero-order valence-corrected chi connectivity index (χ0v) is 21.3. The van der Waals surface area contributed by atoms with Crippen molar-refractivity contribution in [2.24, 2.45) is 7.05 Å². The second-order valence-electron chi connectivity index (χ2n) is 9.34. The third-order valence-electron chi connectivity index (χ3n) is 6.49. The number of carboxylic acid groups (broad SMARTS) is 2. The minimum absolute atomic E-state index is 0.0901. The predicted molar refractivity (Wildman–Crippen MR) is 125 cm³/mol. The Kier molecular flexibility index (Phi) is 11.0. The van der Waals surface area contributed by atoms with Gasteiger partial charge in [-0.05, 0) is 50.6 Å². The van der Waals surface area contributed by atoms with E-state index >= 15 is 0 Å². The van der Waals surface area contributed by atoms with Gasteiger partial charge in [0, 0.05) is 44.6 Å². The van der Waals surface area contributed by atoms with Gasteiger partial charge in [0.1, 0.15) is 5.76 Å². The summed E-state index contributed by atoms with van der Waals surface area (Å²) in [5.41, 5.74) is 1.48. The highest BCUT2D eigenvalue weighted by molar-refractivity contribution is 5.73. The quantitative estimate of drug-likeness (QED) is 0.516. The lowest BCUT2D eigenvalue weighted by Gasteiger charge is -2.39. The third-order valence-corrected chi connectivity index (χ3v) is 6.49. The lowest BCUT2D eigenvalue weighted by atomic mass is 9.87. The van der Waals surface area contributed by atoms with Crippen LogP contribution in [0.25, 0.3) is 0 Å². The summed E-state index contributed by atoms with van der Waals surface area (Å²) in [6.07, 6.45) is -2.87. The van der Waals surface area contributed by atoms with Crippen LogP contribution in [0.3, 0.4) is 0 Å².